The monoisotopic (exact) mass is 568 g/mol. The van der Waals surface area contributed by atoms with Gasteiger partial charge in [-0.05, 0) is 48.4 Å². The van der Waals surface area contributed by atoms with E-state index in [2.05, 4.69) is 144 Å². The van der Waals surface area contributed by atoms with Gasteiger partial charge in [-0.1, -0.05) is 127 Å². The number of para-hydroxylation sites is 3. The molecule has 8 aromatic rings. The number of imidazole rings is 2. The Morgan fingerprint density at radius 3 is 1.70 bits per heavy atom. The zero-order valence-electron chi connectivity index (χ0n) is 24.8. The van der Waals surface area contributed by atoms with E-state index in [1.54, 1.807) is 0 Å². The molecule has 212 valence electrons. The molecule has 4 nitrogen and oxygen atoms in total. The Hall–Kier alpha value is -5.74. The molecule has 2 aromatic heterocycles. The van der Waals surface area contributed by atoms with E-state index >= 15 is 0 Å². The first kappa shape index (κ1) is 27.1. The predicted octanol–water partition coefficient (Wildman–Crippen LogP) is 9.91. The van der Waals surface area contributed by atoms with E-state index < -0.39 is 0 Å². The van der Waals surface area contributed by atoms with Gasteiger partial charge in [0.2, 0.25) is 0 Å². The SMILES string of the molecule is Cc1ccc2c(c1)nc(-c1ccccc1)n2C.c1ccc(-c2ccccc2-n2c(-c3ccccc3)nc3ccccc32)cc1. The lowest BCUT2D eigenvalue weighted by Gasteiger charge is -2.15. The summed E-state index contributed by atoms with van der Waals surface area (Å²) >= 11 is 0. The molecule has 8 rings (SSSR count). The van der Waals surface area contributed by atoms with Gasteiger partial charge in [0.1, 0.15) is 11.6 Å². The topological polar surface area (TPSA) is 35.6 Å². The van der Waals surface area contributed by atoms with Gasteiger partial charge in [0, 0.05) is 23.7 Å². The van der Waals surface area contributed by atoms with Gasteiger partial charge in [-0.3, -0.25) is 4.57 Å². The second-order valence-electron chi connectivity index (χ2n) is 10.9. The van der Waals surface area contributed by atoms with Crippen molar-refractivity contribution in [1.29, 1.82) is 0 Å². The molecule has 0 aliphatic heterocycles. The quantitative estimate of drug-likeness (QED) is 0.212. The fourth-order valence-corrected chi connectivity index (χ4v) is 5.74. The molecule has 0 saturated heterocycles. The second-order valence-corrected chi connectivity index (χ2v) is 10.9. The lowest BCUT2D eigenvalue weighted by Crippen LogP contribution is -2.00. The molecule has 0 amide bonds. The van der Waals surface area contributed by atoms with Gasteiger partial charge in [0.15, 0.2) is 0 Å². The Morgan fingerprint density at radius 1 is 0.455 bits per heavy atom. The minimum atomic E-state index is 0.959. The molecule has 0 spiro atoms. The molecule has 2 heterocycles. The second kappa shape index (κ2) is 11.9. The summed E-state index contributed by atoms with van der Waals surface area (Å²) in [5, 5.41) is 0. The number of rotatable bonds is 4. The van der Waals surface area contributed by atoms with Crippen molar-refractivity contribution < 1.29 is 0 Å². The molecule has 0 unspecified atom stereocenters. The Morgan fingerprint density at radius 2 is 1.00 bits per heavy atom. The number of aromatic nitrogens is 4. The number of hydrogen-bond acceptors (Lipinski definition) is 2. The lowest BCUT2D eigenvalue weighted by atomic mass is 10.0. The summed E-state index contributed by atoms with van der Waals surface area (Å²) in [7, 11) is 2.06. The van der Waals surface area contributed by atoms with E-state index in [9.17, 15) is 0 Å². The van der Waals surface area contributed by atoms with Crippen LogP contribution in [0.2, 0.25) is 0 Å². The van der Waals surface area contributed by atoms with E-state index in [-0.39, 0.29) is 0 Å². The van der Waals surface area contributed by atoms with Crippen LogP contribution in [0.25, 0.3) is 61.7 Å². The standard InChI is InChI=1S/C25H18N2.C15H14N2/c1-3-11-19(12-4-1)21-15-7-9-17-23(21)27-24-18-10-8-16-22(24)26-25(27)20-13-5-2-6-14-20;1-11-8-9-14-13(10-11)16-15(17(14)2)12-6-4-3-5-7-12/h1-18H;3-10H,1-2H3. The summed E-state index contributed by atoms with van der Waals surface area (Å²) in [4.78, 5) is 9.66. The molecular formula is C40H32N4. The van der Waals surface area contributed by atoms with Crippen LogP contribution in [0.3, 0.4) is 0 Å². The number of nitrogens with zero attached hydrogens (tertiary/aromatic N) is 4. The van der Waals surface area contributed by atoms with Crippen LogP contribution in [0.15, 0.2) is 158 Å². The summed E-state index contributed by atoms with van der Waals surface area (Å²) in [6.45, 7) is 2.09. The maximum atomic E-state index is 4.96. The molecule has 0 aliphatic rings. The highest BCUT2D eigenvalue weighted by molar-refractivity contribution is 5.86. The van der Waals surface area contributed by atoms with Crippen molar-refractivity contribution >= 4 is 22.1 Å². The Balaban J connectivity index is 0.000000158. The molecule has 0 N–H and O–H groups in total. The van der Waals surface area contributed by atoms with Gasteiger partial charge in [-0.2, -0.15) is 0 Å². The summed E-state index contributed by atoms with van der Waals surface area (Å²) in [5.74, 6) is 1.98. The lowest BCUT2D eigenvalue weighted by molar-refractivity contribution is 0.959. The zero-order chi connectivity index (χ0) is 29.9. The zero-order valence-corrected chi connectivity index (χ0v) is 24.8. The van der Waals surface area contributed by atoms with Crippen LogP contribution in [0.5, 0.6) is 0 Å². The smallest absolute Gasteiger partial charge is 0.145 e. The Labute approximate surface area is 257 Å². The van der Waals surface area contributed by atoms with Crippen LogP contribution >= 0.6 is 0 Å². The van der Waals surface area contributed by atoms with Crippen molar-refractivity contribution in [2.45, 2.75) is 6.92 Å². The van der Waals surface area contributed by atoms with E-state index in [0.717, 1.165) is 45.0 Å². The average molecular weight is 569 g/mol. The summed E-state index contributed by atoms with van der Waals surface area (Å²) < 4.78 is 4.41. The molecule has 4 heteroatoms. The average Bonchev–Trinajstić information content (AvgIpc) is 3.64. The van der Waals surface area contributed by atoms with Gasteiger partial charge in [0.25, 0.3) is 0 Å². The molecule has 44 heavy (non-hydrogen) atoms. The third kappa shape index (κ3) is 5.18. The van der Waals surface area contributed by atoms with Crippen LogP contribution < -0.4 is 0 Å². The van der Waals surface area contributed by atoms with Crippen molar-refractivity contribution in [3.05, 3.63) is 163 Å². The van der Waals surface area contributed by atoms with Crippen molar-refractivity contribution in [2.24, 2.45) is 7.05 Å². The molecular weight excluding hydrogens is 536 g/mol. The maximum Gasteiger partial charge on any atom is 0.145 e. The van der Waals surface area contributed by atoms with Gasteiger partial charge in [0.05, 0.1) is 27.8 Å². The highest BCUT2D eigenvalue weighted by Crippen LogP contribution is 2.34. The highest BCUT2D eigenvalue weighted by Gasteiger charge is 2.16. The first-order valence-corrected chi connectivity index (χ1v) is 14.8. The number of aryl methyl sites for hydroxylation is 2. The van der Waals surface area contributed by atoms with Crippen LogP contribution in [-0.2, 0) is 7.05 Å². The summed E-state index contributed by atoms with van der Waals surface area (Å²) in [6.07, 6.45) is 0. The first-order chi connectivity index (χ1) is 21.7. The van der Waals surface area contributed by atoms with Gasteiger partial charge in [-0.25, -0.2) is 9.97 Å². The van der Waals surface area contributed by atoms with Gasteiger partial charge >= 0.3 is 0 Å². The molecule has 6 aromatic carbocycles. The van der Waals surface area contributed by atoms with E-state index in [1.165, 1.54) is 22.2 Å². The summed E-state index contributed by atoms with van der Waals surface area (Å²) in [5.41, 5.74) is 11.4. The van der Waals surface area contributed by atoms with Crippen LogP contribution in [0.4, 0.5) is 0 Å². The van der Waals surface area contributed by atoms with Crippen LogP contribution in [0, 0.1) is 6.92 Å². The Bertz CT molecular complexity index is 2180. The minimum Gasteiger partial charge on any atom is -0.327 e. The highest BCUT2D eigenvalue weighted by atomic mass is 15.1. The summed E-state index contributed by atoms with van der Waals surface area (Å²) in [6, 6.07) is 54.4. The predicted molar refractivity (Wildman–Crippen MR) is 183 cm³/mol. The molecule has 0 bridgehead atoms. The maximum absolute atomic E-state index is 4.96. The Kier molecular flexibility index (Phi) is 7.31. The van der Waals surface area contributed by atoms with Crippen molar-refractivity contribution in [3.8, 4) is 39.6 Å². The molecule has 0 fully saturated rings. The molecule has 0 atom stereocenters. The van der Waals surface area contributed by atoms with Gasteiger partial charge in [-0.15, -0.1) is 0 Å². The number of benzene rings is 6. The fourth-order valence-electron chi connectivity index (χ4n) is 5.74. The van der Waals surface area contributed by atoms with Gasteiger partial charge < -0.3 is 4.57 Å². The first-order valence-electron chi connectivity index (χ1n) is 14.8. The number of fused-ring (bicyclic) bond motifs is 2. The third-order valence-corrected chi connectivity index (χ3v) is 7.89. The third-order valence-electron chi connectivity index (χ3n) is 7.89. The van der Waals surface area contributed by atoms with Crippen LogP contribution in [0.1, 0.15) is 5.56 Å². The van der Waals surface area contributed by atoms with E-state index in [0.29, 0.717) is 0 Å². The minimum absolute atomic E-state index is 0.959. The van der Waals surface area contributed by atoms with E-state index in [1.807, 2.05) is 36.4 Å². The largest absolute Gasteiger partial charge is 0.327 e. The van der Waals surface area contributed by atoms with Crippen molar-refractivity contribution in [3.63, 3.8) is 0 Å². The molecule has 0 radical (unpaired) electrons. The fraction of sp³-hybridized carbons (Fsp3) is 0.0500. The normalized spacial score (nSPS) is 11.0. The van der Waals surface area contributed by atoms with Crippen molar-refractivity contribution in [1.82, 2.24) is 19.1 Å². The molecule has 0 saturated carbocycles. The number of hydrogen-bond donors (Lipinski definition) is 0. The molecule has 0 aliphatic carbocycles. The van der Waals surface area contributed by atoms with Crippen LogP contribution in [-0.4, -0.2) is 19.1 Å². The van der Waals surface area contributed by atoms with Crippen molar-refractivity contribution in [2.75, 3.05) is 0 Å². The van der Waals surface area contributed by atoms with E-state index in [4.69, 9.17) is 9.97 Å².